The molecule has 0 aliphatic heterocycles. The van der Waals surface area contributed by atoms with E-state index in [2.05, 4.69) is 38.6 Å². The Bertz CT molecular complexity index is 148. The Balaban J connectivity index is 2.39. The summed E-state index contributed by atoms with van der Waals surface area (Å²) in [6, 6.07) is 1.49. The molecule has 1 saturated carbocycles. The predicted molar refractivity (Wildman–Crippen MR) is 62.5 cm³/mol. The SMILES string of the molecule is CNC1CCC(C(NC)C(C)C)CC1. The monoisotopic (exact) mass is 198 g/mol. The molecule has 1 unspecified atom stereocenters. The van der Waals surface area contributed by atoms with E-state index in [9.17, 15) is 0 Å². The molecule has 2 nitrogen and oxygen atoms in total. The first-order chi connectivity index (χ1) is 6.69. The fourth-order valence-electron chi connectivity index (χ4n) is 2.88. The van der Waals surface area contributed by atoms with Gasteiger partial charge in [0.15, 0.2) is 0 Å². The molecule has 0 radical (unpaired) electrons. The molecule has 0 amide bonds. The third kappa shape index (κ3) is 2.96. The lowest BCUT2D eigenvalue weighted by Gasteiger charge is -2.35. The highest BCUT2D eigenvalue weighted by Gasteiger charge is 2.27. The van der Waals surface area contributed by atoms with Crippen LogP contribution >= 0.6 is 0 Å². The Morgan fingerprint density at radius 3 is 1.93 bits per heavy atom. The number of nitrogens with one attached hydrogen (secondary N) is 2. The Labute approximate surface area is 88.8 Å². The van der Waals surface area contributed by atoms with Gasteiger partial charge in [0.25, 0.3) is 0 Å². The topological polar surface area (TPSA) is 24.1 Å². The van der Waals surface area contributed by atoms with Gasteiger partial charge in [0.2, 0.25) is 0 Å². The number of hydrogen-bond donors (Lipinski definition) is 2. The molecule has 0 bridgehead atoms. The van der Waals surface area contributed by atoms with Crippen LogP contribution < -0.4 is 10.6 Å². The van der Waals surface area contributed by atoms with Crippen molar-refractivity contribution >= 4 is 0 Å². The van der Waals surface area contributed by atoms with Crippen LogP contribution in [0.15, 0.2) is 0 Å². The van der Waals surface area contributed by atoms with Crippen LogP contribution in [0.25, 0.3) is 0 Å². The van der Waals surface area contributed by atoms with E-state index in [-0.39, 0.29) is 0 Å². The molecule has 1 fully saturated rings. The van der Waals surface area contributed by atoms with Gasteiger partial charge < -0.3 is 10.6 Å². The lowest BCUT2D eigenvalue weighted by atomic mass is 9.78. The quantitative estimate of drug-likeness (QED) is 0.722. The maximum Gasteiger partial charge on any atom is 0.0115 e. The highest BCUT2D eigenvalue weighted by molar-refractivity contribution is 4.84. The second-order valence-electron chi connectivity index (χ2n) is 4.96. The zero-order valence-electron chi connectivity index (χ0n) is 10.1. The normalized spacial score (nSPS) is 30.6. The van der Waals surface area contributed by atoms with Crippen LogP contribution in [0.3, 0.4) is 0 Å². The van der Waals surface area contributed by atoms with Gasteiger partial charge in [-0.25, -0.2) is 0 Å². The average molecular weight is 198 g/mol. The molecule has 0 aromatic rings. The zero-order chi connectivity index (χ0) is 10.6. The van der Waals surface area contributed by atoms with E-state index in [0.29, 0.717) is 6.04 Å². The molecule has 1 aliphatic carbocycles. The molecule has 0 aromatic heterocycles. The summed E-state index contributed by atoms with van der Waals surface area (Å²) in [4.78, 5) is 0. The average Bonchev–Trinajstić information content (AvgIpc) is 2.19. The first kappa shape index (κ1) is 12.0. The molecular weight excluding hydrogens is 172 g/mol. The third-order valence-electron chi connectivity index (χ3n) is 3.74. The van der Waals surface area contributed by atoms with Crippen LogP contribution in [-0.4, -0.2) is 26.2 Å². The highest BCUT2D eigenvalue weighted by Crippen LogP contribution is 2.29. The lowest BCUT2D eigenvalue weighted by molar-refractivity contribution is 0.211. The summed E-state index contributed by atoms with van der Waals surface area (Å²) in [7, 11) is 4.19. The maximum absolute atomic E-state index is 3.48. The molecule has 0 aromatic carbocycles. The van der Waals surface area contributed by atoms with Gasteiger partial charge in [-0.2, -0.15) is 0 Å². The van der Waals surface area contributed by atoms with Gasteiger partial charge in [0.05, 0.1) is 0 Å². The number of hydrogen-bond acceptors (Lipinski definition) is 2. The molecule has 2 N–H and O–H groups in total. The zero-order valence-corrected chi connectivity index (χ0v) is 10.1. The Morgan fingerprint density at radius 1 is 1.00 bits per heavy atom. The summed E-state index contributed by atoms with van der Waals surface area (Å²) in [5, 5.41) is 6.87. The Hall–Kier alpha value is -0.0800. The van der Waals surface area contributed by atoms with Gasteiger partial charge in [0.1, 0.15) is 0 Å². The van der Waals surface area contributed by atoms with Gasteiger partial charge in [0, 0.05) is 12.1 Å². The largest absolute Gasteiger partial charge is 0.317 e. The lowest BCUT2D eigenvalue weighted by Crippen LogP contribution is -2.42. The van der Waals surface area contributed by atoms with Gasteiger partial charge >= 0.3 is 0 Å². The minimum atomic E-state index is 0.716. The molecule has 1 aliphatic rings. The van der Waals surface area contributed by atoms with E-state index < -0.39 is 0 Å². The van der Waals surface area contributed by atoms with Crippen LogP contribution in [0.1, 0.15) is 39.5 Å². The molecule has 14 heavy (non-hydrogen) atoms. The molecular formula is C12H26N2. The van der Waals surface area contributed by atoms with Crippen molar-refractivity contribution in [1.82, 2.24) is 10.6 Å². The third-order valence-corrected chi connectivity index (χ3v) is 3.74. The molecule has 1 rings (SSSR count). The van der Waals surface area contributed by atoms with E-state index in [1.54, 1.807) is 0 Å². The van der Waals surface area contributed by atoms with E-state index in [0.717, 1.165) is 17.9 Å². The maximum atomic E-state index is 3.48. The van der Waals surface area contributed by atoms with Crippen LogP contribution in [0.2, 0.25) is 0 Å². The van der Waals surface area contributed by atoms with E-state index in [1.165, 1.54) is 25.7 Å². The van der Waals surface area contributed by atoms with E-state index in [4.69, 9.17) is 0 Å². The predicted octanol–water partition coefficient (Wildman–Crippen LogP) is 2.01. The van der Waals surface area contributed by atoms with Gasteiger partial charge in [-0.1, -0.05) is 13.8 Å². The smallest absolute Gasteiger partial charge is 0.0115 e. The van der Waals surface area contributed by atoms with Crippen molar-refractivity contribution in [2.75, 3.05) is 14.1 Å². The minimum absolute atomic E-state index is 0.716. The summed E-state index contributed by atoms with van der Waals surface area (Å²) in [5.74, 6) is 1.65. The molecule has 1 atom stereocenters. The molecule has 0 saturated heterocycles. The van der Waals surface area contributed by atoms with Crippen molar-refractivity contribution in [2.24, 2.45) is 11.8 Å². The van der Waals surface area contributed by atoms with Crippen molar-refractivity contribution in [3.63, 3.8) is 0 Å². The van der Waals surface area contributed by atoms with Crippen LogP contribution in [0.4, 0.5) is 0 Å². The second kappa shape index (κ2) is 5.72. The van der Waals surface area contributed by atoms with Crippen molar-refractivity contribution in [1.29, 1.82) is 0 Å². The number of rotatable bonds is 4. The van der Waals surface area contributed by atoms with Crippen molar-refractivity contribution in [2.45, 2.75) is 51.6 Å². The fraction of sp³-hybridized carbons (Fsp3) is 1.00. The van der Waals surface area contributed by atoms with Crippen molar-refractivity contribution in [3.8, 4) is 0 Å². The van der Waals surface area contributed by atoms with Gasteiger partial charge in [-0.15, -0.1) is 0 Å². The molecule has 2 heteroatoms. The summed E-state index contributed by atoms with van der Waals surface area (Å²) < 4.78 is 0. The Morgan fingerprint density at radius 2 is 1.57 bits per heavy atom. The van der Waals surface area contributed by atoms with Gasteiger partial charge in [-0.3, -0.25) is 0 Å². The molecule has 0 heterocycles. The first-order valence-corrected chi connectivity index (χ1v) is 6.03. The summed E-state index contributed by atoms with van der Waals surface area (Å²) in [6.07, 6.45) is 5.47. The van der Waals surface area contributed by atoms with E-state index >= 15 is 0 Å². The second-order valence-corrected chi connectivity index (χ2v) is 4.96. The standard InChI is InChI=1S/C12H26N2/c1-9(2)12(14-4)10-5-7-11(13-3)8-6-10/h9-14H,5-8H2,1-4H3. The van der Waals surface area contributed by atoms with Crippen molar-refractivity contribution in [3.05, 3.63) is 0 Å². The fourth-order valence-corrected chi connectivity index (χ4v) is 2.88. The summed E-state index contributed by atoms with van der Waals surface area (Å²) >= 11 is 0. The van der Waals surface area contributed by atoms with Gasteiger partial charge in [-0.05, 0) is 51.6 Å². The summed E-state index contributed by atoms with van der Waals surface area (Å²) in [5.41, 5.74) is 0. The van der Waals surface area contributed by atoms with E-state index in [1.807, 2.05) is 0 Å². The first-order valence-electron chi connectivity index (χ1n) is 6.03. The van der Waals surface area contributed by atoms with Crippen LogP contribution in [0.5, 0.6) is 0 Å². The highest BCUT2D eigenvalue weighted by atomic mass is 14.9. The van der Waals surface area contributed by atoms with Crippen LogP contribution in [0, 0.1) is 11.8 Å². The van der Waals surface area contributed by atoms with Crippen molar-refractivity contribution < 1.29 is 0 Å². The van der Waals surface area contributed by atoms with Crippen LogP contribution in [-0.2, 0) is 0 Å². The summed E-state index contributed by atoms with van der Waals surface area (Å²) in [6.45, 7) is 4.65. The molecule has 0 spiro atoms. The Kier molecular flexibility index (Phi) is 4.90. The molecule has 84 valence electrons. The minimum Gasteiger partial charge on any atom is -0.317 e.